The Labute approximate surface area is 165 Å². The molecular formula is C20H21N4OS2+. The zero-order chi connectivity index (χ0) is 18.2. The lowest BCUT2D eigenvalue weighted by Crippen LogP contribution is -3.13. The number of hydrogen-bond donors (Lipinski definition) is 1. The summed E-state index contributed by atoms with van der Waals surface area (Å²) < 4.78 is 7.27. The molecule has 138 valence electrons. The summed E-state index contributed by atoms with van der Waals surface area (Å²) in [5, 5.41) is 11.9. The van der Waals surface area contributed by atoms with Crippen LogP contribution in [0.1, 0.15) is 42.6 Å². The molecule has 5 rings (SSSR count). The molecule has 7 heteroatoms. The van der Waals surface area contributed by atoms with Gasteiger partial charge in [0, 0.05) is 0 Å². The number of hydrogen-bond acceptors (Lipinski definition) is 6. The van der Waals surface area contributed by atoms with Gasteiger partial charge in [0.15, 0.2) is 6.04 Å². The molecule has 1 aromatic carbocycles. The van der Waals surface area contributed by atoms with Gasteiger partial charge in [-0.05, 0) is 43.3 Å². The van der Waals surface area contributed by atoms with Crippen LogP contribution in [0.15, 0.2) is 46.2 Å². The highest BCUT2D eigenvalue weighted by atomic mass is 32.1. The molecule has 0 bridgehead atoms. The monoisotopic (exact) mass is 397 g/mol. The van der Waals surface area contributed by atoms with Crippen LogP contribution in [-0.2, 0) is 0 Å². The van der Waals surface area contributed by atoms with E-state index in [2.05, 4.69) is 41.4 Å². The summed E-state index contributed by atoms with van der Waals surface area (Å²) in [6, 6.07) is 12.6. The highest BCUT2D eigenvalue weighted by molar-refractivity contribution is 7.18. The number of rotatable bonds is 4. The fourth-order valence-electron chi connectivity index (χ4n) is 3.85. The zero-order valence-corrected chi connectivity index (χ0v) is 16.7. The number of para-hydroxylation sites is 1. The normalized spacial score (nSPS) is 21.5. The van der Waals surface area contributed by atoms with Gasteiger partial charge in [-0.2, -0.15) is 0 Å². The predicted octanol–water partition coefficient (Wildman–Crippen LogP) is 3.93. The van der Waals surface area contributed by atoms with Crippen molar-refractivity contribution in [2.24, 2.45) is 0 Å². The predicted molar refractivity (Wildman–Crippen MR) is 108 cm³/mol. The Bertz CT molecular complexity index is 1010. The molecule has 1 fully saturated rings. The van der Waals surface area contributed by atoms with Crippen molar-refractivity contribution in [3.05, 3.63) is 52.7 Å². The van der Waals surface area contributed by atoms with Gasteiger partial charge in [-0.15, -0.1) is 32.9 Å². The molecule has 1 saturated heterocycles. The summed E-state index contributed by atoms with van der Waals surface area (Å²) in [7, 11) is 0. The van der Waals surface area contributed by atoms with Crippen LogP contribution in [0.25, 0.3) is 21.0 Å². The van der Waals surface area contributed by atoms with Crippen LogP contribution in [0.5, 0.6) is 0 Å². The summed E-state index contributed by atoms with van der Waals surface area (Å²) in [6.07, 6.45) is 2.41. The van der Waals surface area contributed by atoms with Crippen molar-refractivity contribution in [2.45, 2.75) is 31.7 Å². The third-order valence-corrected chi connectivity index (χ3v) is 7.43. The molecule has 3 aromatic heterocycles. The van der Waals surface area contributed by atoms with E-state index in [0.717, 1.165) is 29.4 Å². The average Bonchev–Trinajstić information content (AvgIpc) is 3.47. The highest BCUT2D eigenvalue weighted by Crippen LogP contribution is 2.31. The topological polar surface area (TPSA) is 56.2 Å². The SMILES string of the molecule is C[C@H](c1nnc(-c2cccs2)o1)[NH+]1CCC[C@H](c2nc3ccccc3s2)C1. The number of piperidine rings is 1. The van der Waals surface area contributed by atoms with Crippen LogP contribution in [0.3, 0.4) is 0 Å². The maximum absolute atomic E-state index is 5.99. The molecule has 4 aromatic rings. The molecule has 0 radical (unpaired) electrons. The Morgan fingerprint density at radius 2 is 2.11 bits per heavy atom. The quantitative estimate of drug-likeness (QED) is 0.567. The Morgan fingerprint density at radius 1 is 1.19 bits per heavy atom. The number of thiophene rings is 1. The molecule has 1 N–H and O–H groups in total. The van der Waals surface area contributed by atoms with Gasteiger partial charge in [-0.25, -0.2) is 4.98 Å². The molecule has 0 aliphatic carbocycles. The van der Waals surface area contributed by atoms with E-state index in [1.165, 1.54) is 27.4 Å². The number of aromatic nitrogens is 3. The first kappa shape index (κ1) is 17.0. The van der Waals surface area contributed by atoms with E-state index in [9.17, 15) is 0 Å². The van der Waals surface area contributed by atoms with Gasteiger partial charge in [0.05, 0.1) is 34.1 Å². The lowest BCUT2D eigenvalue weighted by molar-refractivity contribution is -0.937. The second-order valence-electron chi connectivity index (χ2n) is 7.12. The first-order chi connectivity index (χ1) is 13.3. The van der Waals surface area contributed by atoms with Crippen molar-refractivity contribution in [3.63, 3.8) is 0 Å². The van der Waals surface area contributed by atoms with E-state index in [0.29, 0.717) is 11.8 Å². The molecule has 27 heavy (non-hydrogen) atoms. The smallest absolute Gasteiger partial charge is 0.274 e. The summed E-state index contributed by atoms with van der Waals surface area (Å²) in [6.45, 7) is 4.40. The van der Waals surface area contributed by atoms with Crippen LogP contribution in [0.2, 0.25) is 0 Å². The van der Waals surface area contributed by atoms with Gasteiger partial charge in [-0.3, -0.25) is 0 Å². The Morgan fingerprint density at radius 3 is 2.96 bits per heavy atom. The van der Waals surface area contributed by atoms with Gasteiger partial charge in [0.25, 0.3) is 11.8 Å². The number of quaternary nitrogens is 1. The average molecular weight is 398 g/mol. The molecule has 1 aliphatic rings. The standard InChI is InChI=1S/C20H20N4OS2/c1-13(18-22-23-19(25-18)17-9-5-11-26-17)24-10-4-6-14(12-24)20-21-15-7-2-3-8-16(15)27-20/h2-3,5,7-9,11,13-14H,4,6,10,12H2,1H3/p+1/t13-,14+/m1/s1. The van der Waals surface area contributed by atoms with Crippen LogP contribution < -0.4 is 4.90 Å². The van der Waals surface area contributed by atoms with Crippen molar-refractivity contribution in [2.75, 3.05) is 13.1 Å². The number of nitrogens with zero attached hydrogens (tertiary/aromatic N) is 3. The van der Waals surface area contributed by atoms with Crippen LogP contribution in [0, 0.1) is 0 Å². The highest BCUT2D eigenvalue weighted by Gasteiger charge is 2.33. The number of benzene rings is 1. The van der Waals surface area contributed by atoms with Gasteiger partial charge >= 0.3 is 0 Å². The summed E-state index contributed by atoms with van der Waals surface area (Å²) in [4.78, 5) is 7.43. The van der Waals surface area contributed by atoms with Crippen molar-refractivity contribution in [3.8, 4) is 10.8 Å². The second-order valence-corrected chi connectivity index (χ2v) is 9.13. The van der Waals surface area contributed by atoms with E-state index in [1.54, 1.807) is 11.3 Å². The summed E-state index contributed by atoms with van der Waals surface area (Å²) in [5.74, 6) is 1.87. The van der Waals surface area contributed by atoms with Gasteiger partial charge in [0.2, 0.25) is 0 Å². The lowest BCUT2D eigenvalue weighted by Gasteiger charge is -2.31. The fourth-order valence-corrected chi connectivity index (χ4v) is 5.60. The summed E-state index contributed by atoms with van der Waals surface area (Å²) >= 11 is 3.47. The zero-order valence-electron chi connectivity index (χ0n) is 15.1. The van der Waals surface area contributed by atoms with Crippen LogP contribution >= 0.6 is 22.7 Å². The number of thiazole rings is 1. The maximum Gasteiger partial charge on any atom is 0.274 e. The Hall–Kier alpha value is -2.09. The van der Waals surface area contributed by atoms with Crippen LogP contribution in [0.4, 0.5) is 0 Å². The molecule has 1 unspecified atom stereocenters. The third-order valence-electron chi connectivity index (χ3n) is 5.37. The third kappa shape index (κ3) is 3.31. The maximum atomic E-state index is 5.99. The molecule has 0 amide bonds. The van der Waals surface area contributed by atoms with E-state index < -0.39 is 0 Å². The van der Waals surface area contributed by atoms with E-state index in [4.69, 9.17) is 9.40 Å². The molecule has 4 heterocycles. The van der Waals surface area contributed by atoms with Gasteiger partial charge in [-0.1, -0.05) is 18.2 Å². The van der Waals surface area contributed by atoms with Crippen LogP contribution in [-0.4, -0.2) is 28.3 Å². The van der Waals surface area contributed by atoms with E-state index >= 15 is 0 Å². The van der Waals surface area contributed by atoms with E-state index in [1.807, 2.05) is 28.8 Å². The Kier molecular flexibility index (Phi) is 4.51. The summed E-state index contributed by atoms with van der Waals surface area (Å²) in [5.41, 5.74) is 1.12. The molecular weight excluding hydrogens is 376 g/mol. The first-order valence-electron chi connectivity index (χ1n) is 9.35. The lowest BCUT2D eigenvalue weighted by atomic mass is 9.97. The fraction of sp³-hybridized carbons (Fsp3) is 0.350. The Balaban J connectivity index is 1.34. The number of nitrogens with one attached hydrogen (secondary N) is 1. The number of likely N-dealkylation sites (tertiary alicyclic amines) is 1. The molecule has 3 atom stereocenters. The molecule has 5 nitrogen and oxygen atoms in total. The minimum absolute atomic E-state index is 0.198. The van der Waals surface area contributed by atoms with Gasteiger partial charge in [0.1, 0.15) is 5.01 Å². The molecule has 1 aliphatic heterocycles. The minimum atomic E-state index is 0.198. The van der Waals surface area contributed by atoms with Crippen molar-refractivity contribution >= 4 is 32.9 Å². The van der Waals surface area contributed by atoms with Crippen molar-refractivity contribution < 1.29 is 9.32 Å². The molecule has 0 saturated carbocycles. The number of fused-ring (bicyclic) bond motifs is 1. The largest absolute Gasteiger partial charge is 0.414 e. The molecule has 0 spiro atoms. The first-order valence-corrected chi connectivity index (χ1v) is 11.0. The minimum Gasteiger partial charge on any atom is -0.414 e. The second kappa shape index (κ2) is 7.14. The van der Waals surface area contributed by atoms with Crippen molar-refractivity contribution in [1.82, 2.24) is 15.2 Å². The van der Waals surface area contributed by atoms with Gasteiger partial charge < -0.3 is 9.32 Å². The van der Waals surface area contributed by atoms with E-state index in [-0.39, 0.29) is 6.04 Å². The van der Waals surface area contributed by atoms with Crippen molar-refractivity contribution in [1.29, 1.82) is 0 Å².